The highest BCUT2D eigenvalue weighted by Crippen LogP contribution is 2.35. The SMILES string of the molecule is Cc1ccc(CCCC(N2NC(=O)CC2(C)C)C(F)(F)F)cc1. The molecular weight excluding hydrogens is 305 g/mol. The van der Waals surface area contributed by atoms with Gasteiger partial charge in [0.05, 0.1) is 0 Å². The van der Waals surface area contributed by atoms with Gasteiger partial charge in [-0.3, -0.25) is 10.2 Å². The van der Waals surface area contributed by atoms with Gasteiger partial charge in [0.15, 0.2) is 0 Å². The highest BCUT2D eigenvalue weighted by atomic mass is 19.4. The molecule has 2 rings (SSSR count). The summed E-state index contributed by atoms with van der Waals surface area (Å²) >= 11 is 0. The number of rotatable bonds is 5. The Hall–Kier alpha value is -1.56. The van der Waals surface area contributed by atoms with E-state index in [1.165, 1.54) is 0 Å². The fraction of sp³-hybridized carbons (Fsp3) is 0.588. The van der Waals surface area contributed by atoms with Crippen molar-refractivity contribution in [3.05, 3.63) is 35.4 Å². The molecule has 1 N–H and O–H groups in total. The molecule has 1 amide bonds. The Bertz CT molecular complexity index is 552. The predicted octanol–water partition coefficient (Wildman–Crippen LogP) is 3.76. The Labute approximate surface area is 134 Å². The summed E-state index contributed by atoms with van der Waals surface area (Å²) in [7, 11) is 0. The molecule has 0 saturated carbocycles. The zero-order valence-corrected chi connectivity index (χ0v) is 13.7. The molecule has 0 spiro atoms. The Morgan fingerprint density at radius 3 is 2.35 bits per heavy atom. The number of aryl methyl sites for hydroxylation is 2. The molecule has 1 heterocycles. The van der Waals surface area contributed by atoms with E-state index >= 15 is 0 Å². The van der Waals surface area contributed by atoms with Crippen LogP contribution in [0.2, 0.25) is 0 Å². The van der Waals surface area contributed by atoms with E-state index in [4.69, 9.17) is 0 Å². The molecule has 6 heteroatoms. The van der Waals surface area contributed by atoms with Gasteiger partial charge in [-0.15, -0.1) is 0 Å². The van der Waals surface area contributed by atoms with Crippen LogP contribution in [0.25, 0.3) is 0 Å². The number of hydrazine groups is 1. The van der Waals surface area contributed by atoms with Gasteiger partial charge in [-0.25, -0.2) is 5.01 Å². The number of nitrogens with zero attached hydrogens (tertiary/aromatic N) is 1. The molecule has 1 atom stereocenters. The lowest BCUT2D eigenvalue weighted by Gasteiger charge is -2.37. The van der Waals surface area contributed by atoms with E-state index in [9.17, 15) is 18.0 Å². The van der Waals surface area contributed by atoms with Crippen LogP contribution >= 0.6 is 0 Å². The number of carbonyl (C=O) groups is 1. The molecule has 1 aliphatic rings. The largest absolute Gasteiger partial charge is 0.405 e. The first-order valence-corrected chi connectivity index (χ1v) is 7.81. The molecule has 1 unspecified atom stereocenters. The zero-order chi connectivity index (χ0) is 17.3. The number of hydrogen-bond donors (Lipinski definition) is 1. The monoisotopic (exact) mass is 328 g/mol. The summed E-state index contributed by atoms with van der Waals surface area (Å²) in [5.74, 6) is -0.359. The van der Waals surface area contributed by atoms with Gasteiger partial charge in [-0.2, -0.15) is 13.2 Å². The normalized spacial score (nSPS) is 19.7. The third kappa shape index (κ3) is 4.47. The first-order chi connectivity index (χ1) is 10.6. The Morgan fingerprint density at radius 1 is 1.26 bits per heavy atom. The van der Waals surface area contributed by atoms with Crippen LogP contribution in [-0.4, -0.2) is 28.7 Å². The van der Waals surface area contributed by atoms with Crippen LogP contribution in [0.15, 0.2) is 24.3 Å². The lowest BCUT2D eigenvalue weighted by atomic mass is 9.97. The number of carbonyl (C=O) groups excluding carboxylic acids is 1. The standard InChI is InChI=1S/C17H23F3N2O/c1-12-7-9-13(10-8-12)5-4-6-14(17(18,19)20)22-16(2,3)11-15(23)21-22/h7-10,14H,4-6,11H2,1-3H3,(H,21,23). The lowest BCUT2D eigenvalue weighted by Crippen LogP contribution is -2.56. The average Bonchev–Trinajstić information content (AvgIpc) is 2.68. The quantitative estimate of drug-likeness (QED) is 0.892. The Kier molecular flexibility index (Phi) is 5.04. The first-order valence-electron chi connectivity index (χ1n) is 7.81. The van der Waals surface area contributed by atoms with E-state index in [1.54, 1.807) is 13.8 Å². The van der Waals surface area contributed by atoms with Crippen LogP contribution in [0.4, 0.5) is 13.2 Å². The van der Waals surface area contributed by atoms with Crippen LogP contribution in [0.3, 0.4) is 0 Å². The number of amides is 1. The molecule has 0 aromatic heterocycles. The van der Waals surface area contributed by atoms with E-state index in [-0.39, 0.29) is 18.7 Å². The van der Waals surface area contributed by atoms with Crippen molar-refractivity contribution in [2.24, 2.45) is 0 Å². The van der Waals surface area contributed by atoms with Crippen molar-refractivity contribution in [3.8, 4) is 0 Å². The number of halogens is 3. The van der Waals surface area contributed by atoms with Gasteiger partial charge in [0.1, 0.15) is 6.04 Å². The highest BCUT2D eigenvalue weighted by Gasteiger charge is 2.51. The molecular formula is C17H23F3N2O. The van der Waals surface area contributed by atoms with Crippen LogP contribution < -0.4 is 5.43 Å². The van der Waals surface area contributed by atoms with Crippen LogP contribution in [0, 0.1) is 6.92 Å². The summed E-state index contributed by atoms with van der Waals surface area (Å²) in [6, 6.07) is 6.15. The van der Waals surface area contributed by atoms with Gasteiger partial charge in [-0.1, -0.05) is 29.8 Å². The van der Waals surface area contributed by atoms with Crippen molar-refractivity contribution in [2.75, 3.05) is 0 Å². The Balaban J connectivity index is 2.02. The summed E-state index contributed by atoms with van der Waals surface area (Å²) in [4.78, 5) is 11.5. The zero-order valence-electron chi connectivity index (χ0n) is 13.7. The van der Waals surface area contributed by atoms with Crippen molar-refractivity contribution in [3.63, 3.8) is 0 Å². The van der Waals surface area contributed by atoms with Crippen molar-refractivity contribution in [2.45, 2.75) is 64.2 Å². The van der Waals surface area contributed by atoms with Crippen LogP contribution in [0.5, 0.6) is 0 Å². The molecule has 0 radical (unpaired) electrons. The molecule has 3 nitrogen and oxygen atoms in total. The van der Waals surface area contributed by atoms with Crippen molar-refractivity contribution < 1.29 is 18.0 Å². The third-order valence-electron chi connectivity index (χ3n) is 4.24. The molecule has 1 saturated heterocycles. The second-order valence-electron chi connectivity index (χ2n) is 6.83. The summed E-state index contributed by atoms with van der Waals surface area (Å²) < 4.78 is 40.3. The van der Waals surface area contributed by atoms with Crippen LogP contribution in [-0.2, 0) is 11.2 Å². The molecule has 1 aliphatic heterocycles. The van der Waals surface area contributed by atoms with E-state index in [1.807, 2.05) is 31.2 Å². The van der Waals surface area contributed by atoms with E-state index in [2.05, 4.69) is 5.43 Å². The topological polar surface area (TPSA) is 32.3 Å². The number of alkyl halides is 3. The maximum Gasteiger partial charge on any atom is 0.405 e. The minimum atomic E-state index is -4.37. The fourth-order valence-electron chi connectivity index (χ4n) is 3.00. The maximum absolute atomic E-state index is 13.4. The molecule has 1 aromatic carbocycles. The van der Waals surface area contributed by atoms with Crippen molar-refractivity contribution >= 4 is 5.91 Å². The van der Waals surface area contributed by atoms with Gasteiger partial charge >= 0.3 is 6.18 Å². The Morgan fingerprint density at radius 2 is 1.87 bits per heavy atom. The van der Waals surface area contributed by atoms with Crippen molar-refractivity contribution in [1.29, 1.82) is 0 Å². The van der Waals surface area contributed by atoms with E-state index in [0.717, 1.165) is 16.1 Å². The van der Waals surface area contributed by atoms with Gasteiger partial charge in [0.25, 0.3) is 0 Å². The molecule has 128 valence electrons. The average molecular weight is 328 g/mol. The lowest BCUT2D eigenvalue weighted by molar-refractivity contribution is -0.202. The van der Waals surface area contributed by atoms with Gasteiger partial charge in [0.2, 0.25) is 5.91 Å². The molecule has 0 bridgehead atoms. The predicted molar refractivity (Wildman–Crippen MR) is 82.6 cm³/mol. The summed E-state index contributed by atoms with van der Waals surface area (Å²) in [6.07, 6.45) is -3.33. The second kappa shape index (κ2) is 6.51. The molecule has 1 fully saturated rings. The second-order valence-corrected chi connectivity index (χ2v) is 6.83. The van der Waals surface area contributed by atoms with Gasteiger partial charge in [-0.05, 0) is 45.6 Å². The third-order valence-corrected chi connectivity index (χ3v) is 4.24. The highest BCUT2D eigenvalue weighted by molar-refractivity contribution is 5.78. The first kappa shape index (κ1) is 17.8. The summed E-state index contributed by atoms with van der Waals surface area (Å²) in [5.41, 5.74) is 3.71. The molecule has 23 heavy (non-hydrogen) atoms. The van der Waals surface area contributed by atoms with Gasteiger partial charge < -0.3 is 0 Å². The summed E-state index contributed by atoms with van der Waals surface area (Å²) in [5, 5.41) is 1.09. The van der Waals surface area contributed by atoms with E-state index in [0.29, 0.717) is 12.8 Å². The van der Waals surface area contributed by atoms with Crippen molar-refractivity contribution in [1.82, 2.24) is 10.4 Å². The summed E-state index contributed by atoms with van der Waals surface area (Å²) in [6.45, 7) is 5.29. The maximum atomic E-state index is 13.4. The van der Waals surface area contributed by atoms with E-state index < -0.39 is 17.8 Å². The number of hydrogen-bond acceptors (Lipinski definition) is 2. The van der Waals surface area contributed by atoms with Gasteiger partial charge in [0, 0.05) is 12.0 Å². The smallest absolute Gasteiger partial charge is 0.288 e. The molecule has 1 aromatic rings. The number of benzene rings is 1. The fourth-order valence-corrected chi connectivity index (χ4v) is 3.00. The number of nitrogens with one attached hydrogen (secondary N) is 1. The minimum absolute atomic E-state index is 0.0406. The molecule has 0 aliphatic carbocycles. The van der Waals surface area contributed by atoms with Crippen LogP contribution in [0.1, 0.15) is 44.2 Å². The minimum Gasteiger partial charge on any atom is -0.288 e.